The molecule has 0 spiro atoms. The van der Waals surface area contributed by atoms with Gasteiger partial charge in [-0.1, -0.05) is 18.2 Å². The molecule has 2 rings (SSSR count). The summed E-state index contributed by atoms with van der Waals surface area (Å²) in [5, 5.41) is 3.35. The van der Waals surface area contributed by atoms with Crippen LogP contribution in [0.15, 0.2) is 29.2 Å². The zero-order valence-electron chi connectivity index (χ0n) is 10.7. The Morgan fingerprint density at radius 1 is 1.42 bits per heavy atom. The molecule has 0 aliphatic carbocycles. The molecule has 0 saturated heterocycles. The first-order chi connectivity index (χ1) is 9.06. The first-order valence-corrected chi connectivity index (χ1v) is 7.92. The first-order valence-electron chi connectivity index (χ1n) is 6.26. The van der Waals surface area contributed by atoms with Crippen LogP contribution in [-0.2, 0) is 15.4 Å². The molecule has 3 N–H and O–H groups in total. The maximum Gasteiger partial charge on any atom is 0.178 e. The second-order valence-electron chi connectivity index (χ2n) is 4.73. The van der Waals surface area contributed by atoms with Crippen molar-refractivity contribution in [3.8, 4) is 12.3 Å². The van der Waals surface area contributed by atoms with Gasteiger partial charge in [0.25, 0.3) is 0 Å². The second kappa shape index (κ2) is 5.33. The topological polar surface area (TPSA) is 72.2 Å². The average molecular weight is 278 g/mol. The molecule has 1 heterocycles. The van der Waals surface area contributed by atoms with Crippen molar-refractivity contribution < 1.29 is 8.42 Å². The molecule has 1 aliphatic heterocycles. The van der Waals surface area contributed by atoms with Crippen molar-refractivity contribution in [1.29, 1.82) is 0 Å². The monoisotopic (exact) mass is 278 g/mol. The Morgan fingerprint density at radius 2 is 2.16 bits per heavy atom. The van der Waals surface area contributed by atoms with Crippen LogP contribution in [0, 0.1) is 12.3 Å². The largest absolute Gasteiger partial charge is 0.328 e. The molecule has 0 radical (unpaired) electrons. The molecule has 1 aromatic rings. The molecular formula is C14H18N2O2S. The number of sulfone groups is 1. The van der Waals surface area contributed by atoms with E-state index in [4.69, 9.17) is 12.2 Å². The molecule has 19 heavy (non-hydrogen) atoms. The second-order valence-corrected chi connectivity index (χ2v) is 6.81. The van der Waals surface area contributed by atoms with Crippen molar-refractivity contribution in [2.45, 2.75) is 23.3 Å². The van der Waals surface area contributed by atoms with Crippen molar-refractivity contribution in [3.63, 3.8) is 0 Å². The highest BCUT2D eigenvalue weighted by Crippen LogP contribution is 2.36. The summed E-state index contributed by atoms with van der Waals surface area (Å²) >= 11 is 0. The maximum absolute atomic E-state index is 12.1. The molecular weight excluding hydrogens is 260 g/mol. The summed E-state index contributed by atoms with van der Waals surface area (Å²) in [6.07, 6.45) is 6.32. The van der Waals surface area contributed by atoms with Gasteiger partial charge in [0.1, 0.15) is 0 Å². The fourth-order valence-corrected chi connectivity index (χ4v) is 4.25. The van der Waals surface area contributed by atoms with Gasteiger partial charge in [0.05, 0.1) is 16.2 Å². The van der Waals surface area contributed by atoms with E-state index in [1.807, 2.05) is 12.1 Å². The number of fused-ring (bicyclic) bond motifs is 1. The Kier molecular flexibility index (Phi) is 3.95. The highest BCUT2D eigenvalue weighted by molar-refractivity contribution is 7.91. The number of hydrogen-bond acceptors (Lipinski definition) is 4. The van der Waals surface area contributed by atoms with Crippen LogP contribution in [0.1, 0.15) is 18.4 Å². The van der Waals surface area contributed by atoms with Gasteiger partial charge in [0.2, 0.25) is 0 Å². The van der Waals surface area contributed by atoms with E-state index in [-0.39, 0.29) is 5.75 Å². The van der Waals surface area contributed by atoms with Crippen LogP contribution >= 0.6 is 0 Å². The minimum Gasteiger partial charge on any atom is -0.328 e. The van der Waals surface area contributed by atoms with Crippen molar-refractivity contribution in [2.75, 3.05) is 18.8 Å². The molecule has 4 nitrogen and oxygen atoms in total. The molecule has 0 fully saturated rings. The van der Waals surface area contributed by atoms with E-state index >= 15 is 0 Å². The zero-order valence-corrected chi connectivity index (χ0v) is 11.5. The first kappa shape index (κ1) is 14.1. The number of nitrogens with one attached hydrogen (secondary N) is 1. The summed E-state index contributed by atoms with van der Waals surface area (Å²) in [6, 6.07) is 7.07. The van der Waals surface area contributed by atoms with E-state index < -0.39 is 15.4 Å². The minimum absolute atomic E-state index is 0.115. The van der Waals surface area contributed by atoms with Gasteiger partial charge in [-0.2, -0.15) is 0 Å². The third kappa shape index (κ3) is 2.52. The predicted octanol–water partition coefficient (Wildman–Crippen LogP) is 0.631. The molecule has 0 saturated carbocycles. The fourth-order valence-electron chi connectivity index (χ4n) is 2.53. The number of rotatable bonds is 4. The normalized spacial score (nSPS) is 24.4. The third-order valence-corrected chi connectivity index (χ3v) is 5.38. The summed E-state index contributed by atoms with van der Waals surface area (Å²) in [6.45, 7) is 0.978. The predicted molar refractivity (Wildman–Crippen MR) is 75.3 cm³/mol. The highest BCUT2D eigenvalue weighted by Gasteiger charge is 2.40. The lowest BCUT2D eigenvalue weighted by atomic mass is 9.86. The van der Waals surface area contributed by atoms with Gasteiger partial charge in [-0.25, -0.2) is 8.42 Å². The van der Waals surface area contributed by atoms with E-state index in [0.29, 0.717) is 30.8 Å². The van der Waals surface area contributed by atoms with E-state index in [1.54, 1.807) is 12.1 Å². The van der Waals surface area contributed by atoms with Gasteiger partial charge < -0.3 is 11.1 Å². The van der Waals surface area contributed by atoms with Crippen LogP contribution in [0.4, 0.5) is 0 Å². The lowest BCUT2D eigenvalue weighted by Gasteiger charge is -2.38. The smallest absolute Gasteiger partial charge is 0.178 e. The molecule has 0 amide bonds. The summed E-state index contributed by atoms with van der Waals surface area (Å²) < 4.78 is 24.2. The molecule has 5 heteroatoms. The molecule has 1 unspecified atom stereocenters. The average Bonchev–Trinajstić information content (AvgIpc) is 2.42. The Labute approximate surface area is 114 Å². The van der Waals surface area contributed by atoms with E-state index in [9.17, 15) is 8.42 Å². The van der Waals surface area contributed by atoms with Crippen LogP contribution in [0.25, 0.3) is 0 Å². The summed E-state index contributed by atoms with van der Waals surface area (Å²) in [7, 11) is -3.19. The molecule has 1 aliphatic rings. The van der Waals surface area contributed by atoms with Gasteiger partial charge in [-0.05, 0) is 18.1 Å². The van der Waals surface area contributed by atoms with Crippen LogP contribution < -0.4 is 11.1 Å². The van der Waals surface area contributed by atoms with Crippen LogP contribution in [0.5, 0.6) is 0 Å². The molecule has 0 bridgehead atoms. The SMILES string of the molecule is C#CCCNC1(CN)CCS(=O)(=O)c2ccccc21. The number of benzene rings is 1. The van der Waals surface area contributed by atoms with Gasteiger partial charge in [-0.3, -0.25) is 0 Å². The third-order valence-electron chi connectivity index (χ3n) is 3.62. The summed E-state index contributed by atoms with van der Waals surface area (Å²) in [4.78, 5) is 0.389. The van der Waals surface area contributed by atoms with Crippen molar-refractivity contribution in [3.05, 3.63) is 29.8 Å². The van der Waals surface area contributed by atoms with Crippen LogP contribution in [-0.4, -0.2) is 27.3 Å². The molecule has 1 atom stereocenters. The van der Waals surface area contributed by atoms with E-state index in [0.717, 1.165) is 5.56 Å². The minimum atomic E-state index is -3.19. The summed E-state index contributed by atoms with van der Waals surface area (Å²) in [5.74, 6) is 2.68. The van der Waals surface area contributed by atoms with E-state index in [1.165, 1.54) is 0 Å². The number of nitrogens with two attached hydrogens (primary N) is 1. The fraction of sp³-hybridized carbons (Fsp3) is 0.429. The molecule has 102 valence electrons. The van der Waals surface area contributed by atoms with Crippen LogP contribution in [0.3, 0.4) is 0 Å². The zero-order chi connectivity index (χ0) is 13.9. The Hall–Kier alpha value is -1.35. The lowest BCUT2D eigenvalue weighted by molar-refractivity contribution is 0.321. The maximum atomic E-state index is 12.1. The van der Waals surface area contributed by atoms with Gasteiger partial charge >= 0.3 is 0 Å². The molecule has 1 aromatic carbocycles. The standard InChI is InChI=1S/C14H18N2O2S/c1-2-3-9-16-14(11-15)8-10-19(17,18)13-7-5-4-6-12(13)14/h1,4-7,16H,3,8-11,15H2. The van der Waals surface area contributed by atoms with Crippen molar-refractivity contribution in [1.82, 2.24) is 5.32 Å². The lowest BCUT2D eigenvalue weighted by Crippen LogP contribution is -2.52. The number of hydrogen-bond donors (Lipinski definition) is 2. The Bertz CT molecular complexity index is 604. The Balaban J connectivity index is 2.45. The Morgan fingerprint density at radius 3 is 2.84 bits per heavy atom. The number of terminal acetylenes is 1. The van der Waals surface area contributed by atoms with Crippen molar-refractivity contribution >= 4 is 9.84 Å². The van der Waals surface area contributed by atoms with Gasteiger partial charge in [0, 0.05) is 19.5 Å². The van der Waals surface area contributed by atoms with Crippen LogP contribution in [0.2, 0.25) is 0 Å². The highest BCUT2D eigenvalue weighted by atomic mass is 32.2. The quantitative estimate of drug-likeness (QED) is 0.626. The summed E-state index contributed by atoms with van der Waals surface area (Å²) in [5.41, 5.74) is 6.19. The van der Waals surface area contributed by atoms with Gasteiger partial charge in [-0.15, -0.1) is 12.3 Å². The van der Waals surface area contributed by atoms with Gasteiger partial charge in [0.15, 0.2) is 9.84 Å². The molecule has 0 aromatic heterocycles. The van der Waals surface area contributed by atoms with E-state index in [2.05, 4.69) is 11.2 Å². The van der Waals surface area contributed by atoms with Crippen molar-refractivity contribution in [2.24, 2.45) is 5.73 Å².